The number of aliphatic imine (C=N–C) groups is 1. The summed E-state index contributed by atoms with van der Waals surface area (Å²) in [6.45, 7) is 6.21. The Hall–Kier alpha value is -0.00610. The van der Waals surface area contributed by atoms with Crippen molar-refractivity contribution in [3.05, 3.63) is 30.3 Å². The van der Waals surface area contributed by atoms with E-state index in [2.05, 4.69) is 38.0 Å². The van der Waals surface area contributed by atoms with Gasteiger partial charge in [0.2, 0.25) is 0 Å². The van der Waals surface area contributed by atoms with Crippen LogP contribution >= 0.6 is 0 Å². The topological polar surface area (TPSA) is 12.4 Å². The van der Waals surface area contributed by atoms with Crippen molar-refractivity contribution in [1.29, 1.82) is 0 Å². The molecule has 13 heavy (non-hydrogen) atoms. The maximum atomic E-state index is 4.17. The second-order valence-electron chi connectivity index (χ2n) is 3.72. The van der Waals surface area contributed by atoms with Crippen LogP contribution in [0.4, 0.5) is 5.69 Å². The molecule has 1 nitrogen and oxygen atoms in total. The quantitative estimate of drug-likeness (QED) is 0.535. The summed E-state index contributed by atoms with van der Waals surface area (Å²) in [5.41, 5.74) is 0.858. The molecule has 0 saturated heterocycles. The Morgan fingerprint density at radius 3 is 2.46 bits per heavy atom. The summed E-state index contributed by atoms with van der Waals surface area (Å²) in [6.07, 6.45) is 3.03. The molecule has 0 N–H and O–H groups in total. The normalized spacial score (nSPS) is 11.3. The van der Waals surface area contributed by atoms with E-state index in [1.807, 2.05) is 24.3 Å². The molecule has 0 atom stereocenters. The smallest absolute Gasteiger partial charge is 0 e. The largest absolute Gasteiger partial charge is 0.481 e. The minimum atomic E-state index is 0. The summed E-state index contributed by atoms with van der Waals surface area (Å²) in [5, 5.41) is 0. The van der Waals surface area contributed by atoms with Crippen LogP contribution in [0.3, 0.4) is 0 Å². The fourth-order valence-corrected chi connectivity index (χ4v) is 0.681. The van der Waals surface area contributed by atoms with Gasteiger partial charge in [0.25, 0.3) is 0 Å². The number of nitrogens with zero attached hydrogens (tertiary/aromatic N) is 1. The maximum absolute atomic E-state index is 4.17. The summed E-state index contributed by atoms with van der Waals surface area (Å²) in [4.78, 5) is 4.17. The van der Waals surface area contributed by atoms with E-state index in [9.17, 15) is 0 Å². The third-order valence-corrected chi connectivity index (χ3v) is 1.20. The van der Waals surface area contributed by atoms with Gasteiger partial charge in [0.1, 0.15) is 0 Å². The van der Waals surface area contributed by atoms with Gasteiger partial charge in [0.05, 0.1) is 0 Å². The third-order valence-electron chi connectivity index (χ3n) is 1.20. The van der Waals surface area contributed by atoms with Crippen molar-refractivity contribution in [3.8, 4) is 0 Å². The Labute approximate surface area is 106 Å². The molecule has 0 fully saturated rings. The van der Waals surface area contributed by atoms with Gasteiger partial charge < -0.3 is 4.99 Å². The second kappa shape index (κ2) is 5.67. The average molecular weight is 248 g/mol. The Kier molecular flexibility index (Phi) is 5.66. The molecule has 1 radical (unpaired) electrons. The standard InChI is InChI=1S/C11H13N.Y/c1-11(2,3)9-12-10-7-5-4-6-8-10;/h4-7H,1-3H3;/q-2;. The molecule has 0 bridgehead atoms. The van der Waals surface area contributed by atoms with Crippen LogP contribution in [-0.2, 0) is 32.7 Å². The monoisotopic (exact) mass is 248 g/mol. The van der Waals surface area contributed by atoms with Crippen LogP contribution in [0, 0.1) is 11.5 Å². The minimum Gasteiger partial charge on any atom is -0.481 e. The Bertz CT molecular complexity index is 259. The molecule has 0 heterocycles. The number of hydrogen-bond acceptors (Lipinski definition) is 1. The van der Waals surface area contributed by atoms with Crippen LogP contribution in [0.25, 0.3) is 0 Å². The van der Waals surface area contributed by atoms with Crippen LogP contribution in [0.1, 0.15) is 20.8 Å². The van der Waals surface area contributed by atoms with Crippen LogP contribution in [0.15, 0.2) is 29.3 Å². The van der Waals surface area contributed by atoms with Gasteiger partial charge >= 0.3 is 0 Å². The molecule has 67 valence electrons. The SMILES string of the molecule is CC(C)(C)[C-]=Nc1[c-]cccc1.[Y]. The van der Waals surface area contributed by atoms with Crippen LogP contribution in [-0.4, -0.2) is 6.21 Å². The molecule has 0 aliphatic heterocycles. The molecule has 1 aromatic rings. The zero-order valence-electron chi connectivity index (χ0n) is 8.33. The first kappa shape index (κ1) is 13.0. The minimum absolute atomic E-state index is 0. The van der Waals surface area contributed by atoms with Crippen molar-refractivity contribution in [2.24, 2.45) is 10.4 Å². The fraction of sp³-hybridized carbons (Fsp3) is 0.364. The van der Waals surface area contributed by atoms with E-state index in [1.165, 1.54) is 0 Å². The van der Waals surface area contributed by atoms with Crippen molar-refractivity contribution >= 4 is 11.9 Å². The van der Waals surface area contributed by atoms with Crippen LogP contribution in [0.2, 0.25) is 0 Å². The maximum Gasteiger partial charge on any atom is 0 e. The van der Waals surface area contributed by atoms with Gasteiger partial charge in [0, 0.05) is 32.7 Å². The first-order valence-electron chi connectivity index (χ1n) is 4.02. The van der Waals surface area contributed by atoms with Crippen molar-refractivity contribution < 1.29 is 32.7 Å². The number of benzene rings is 1. The molecular weight excluding hydrogens is 235 g/mol. The number of para-hydroxylation sites is 1. The molecule has 2 heteroatoms. The van der Waals surface area contributed by atoms with Gasteiger partial charge in [-0.05, 0) is 0 Å². The Morgan fingerprint density at radius 2 is 2.00 bits per heavy atom. The van der Waals surface area contributed by atoms with Crippen molar-refractivity contribution in [2.75, 3.05) is 0 Å². The van der Waals surface area contributed by atoms with Gasteiger partial charge in [-0.15, -0.1) is 0 Å². The second-order valence-corrected chi connectivity index (χ2v) is 3.72. The Morgan fingerprint density at radius 1 is 1.31 bits per heavy atom. The molecule has 0 amide bonds. The van der Waals surface area contributed by atoms with E-state index in [-0.39, 0.29) is 38.1 Å². The molecule has 0 aromatic heterocycles. The van der Waals surface area contributed by atoms with Crippen molar-refractivity contribution in [1.82, 2.24) is 0 Å². The molecule has 0 saturated carbocycles. The third kappa shape index (κ3) is 6.12. The summed E-state index contributed by atoms with van der Waals surface area (Å²) in [5.74, 6) is 0. The summed E-state index contributed by atoms with van der Waals surface area (Å²) < 4.78 is 0. The first-order chi connectivity index (χ1) is 5.58. The number of rotatable bonds is 1. The average Bonchev–Trinajstić information content (AvgIpc) is 2.02. The Balaban J connectivity index is 0.00000144. The summed E-state index contributed by atoms with van der Waals surface area (Å²) in [6, 6.07) is 10.6. The first-order valence-corrected chi connectivity index (χ1v) is 4.02. The van der Waals surface area contributed by atoms with Crippen molar-refractivity contribution in [3.63, 3.8) is 0 Å². The molecule has 0 unspecified atom stereocenters. The van der Waals surface area contributed by atoms with Gasteiger partial charge in [0.15, 0.2) is 0 Å². The zero-order chi connectivity index (χ0) is 9.03. The van der Waals surface area contributed by atoms with Crippen LogP contribution < -0.4 is 0 Å². The predicted octanol–water partition coefficient (Wildman–Crippen LogP) is 3.11. The molecule has 0 spiro atoms. The van der Waals surface area contributed by atoms with Gasteiger partial charge in [-0.2, -0.15) is 24.4 Å². The van der Waals surface area contributed by atoms with Crippen molar-refractivity contribution in [2.45, 2.75) is 20.8 Å². The predicted molar refractivity (Wildman–Crippen MR) is 51.8 cm³/mol. The van der Waals surface area contributed by atoms with E-state index in [0.29, 0.717) is 0 Å². The molecule has 0 aliphatic carbocycles. The number of hydrogen-bond donors (Lipinski definition) is 0. The summed E-state index contributed by atoms with van der Waals surface area (Å²) >= 11 is 0. The molecule has 1 rings (SSSR count). The van der Waals surface area contributed by atoms with E-state index in [0.717, 1.165) is 5.69 Å². The molecule has 1 aromatic carbocycles. The summed E-state index contributed by atoms with van der Waals surface area (Å²) in [7, 11) is 0. The van der Waals surface area contributed by atoms with Gasteiger partial charge in [-0.3, -0.25) is 6.07 Å². The van der Waals surface area contributed by atoms with E-state index < -0.39 is 0 Å². The van der Waals surface area contributed by atoms with Crippen LogP contribution in [0.5, 0.6) is 0 Å². The molecular formula is C11H13NY-2. The van der Waals surface area contributed by atoms with E-state index in [4.69, 9.17) is 0 Å². The van der Waals surface area contributed by atoms with Gasteiger partial charge in [-0.25, -0.2) is 11.8 Å². The molecule has 0 aliphatic rings. The fourth-order valence-electron chi connectivity index (χ4n) is 0.681. The van der Waals surface area contributed by atoms with E-state index >= 15 is 0 Å². The zero-order valence-corrected chi connectivity index (χ0v) is 11.2. The van der Waals surface area contributed by atoms with E-state index in [1.54, 1.807) is 0 Å². The van der Waals surface area contributed by atoms with Gasteiger partial charge in [-0.1, -0.05) is 26.2 Å².